The molecule has 2 heterocycles. The van der Waals surface area contributed by atoms with Crippen LogP contribution in [0.15, 0.2) is 42.7 Å². The molecule has 1 fully saturated rings. The number of aromatic nitrogens is 1. The molecule has 0 aliphatic carbocycles. The van der Waals surface area contributed by atoms with Crippen LogP contribution in [-0.2, 0) is 11.3 Å². The second-order valence-electron chi connectivity index (χ2n) is 7.02. The molecule has 1 aliphatic heterocycles. The molecule has 0 radical (unpaired) electrons. The zero-order valence-corrected chi connectivity index (χ0v) is 16.0. The van der Waals surface area contributed by atoms with Crippen LogP contribution in [-0.4, -0.2) is 53.2 Å². The molecule has 144 valence electrons. The lowest BCUT2D eigenvalue weighted by molar-refractivity contribution is -0.144. The van der Waals surface area contributed by atoms with Crippen LogP contribution in [0.1, 0.15) is 24.5 Å². The van der Waals surface area contributed by atoms with Crippen molar-refractivity contribution in [1.82, 2.24) is 9.88 Å². The number of carbonyl (C=O) groups is 1. The van der Waals surface area contributed by atoms with Gasteiger partial charge in [-0.1, -0.05) is 12.1 Å². The summed E-state index contributed by atoms with van der Waals surface area (Å²) in [6.07, 6.45) is 4.07. The molecule has 1 aliphatic rings. The molecule has 1 unspecified atom stereocenters. The van der Waals surface area contributed by atoms with Crippen LogP contribution in [0.5, 0.6) is 5.75 Å². The minimum Gasteiger partial charge on any atom is -0.479 e. The summed E-state index contributed by atoms with van der Waals surface area (Å²) in [5.41, 5.74) is 3.71. The van der Waals surface area contributed by atoms with E-state index in [1.807, 2.05) is 36.7 Å². The molecule has 6 heteroatoms. The van der Waals surface area contributed by atoms with Gasteiger partial charge in [0.2, 0.25) is 0 Å². The number of benzene rings is 1. The Morgan fingerprint density at radius 2 is 1.96 bits per heavy atom. The minimum atomic E-state index is -0.961. The second-order valence-corrected chi connectivity index (χ2v) is 7.02. The summed E-state index contributed by atoms with van der Waals surface area (Å²) < 4.78 is 5.39. The van der Waals surface area contributed by atoms with Gasteiger partial charge >= 0.3 is 5.97 Å². The molecule has 2 aromatic rings. The van der Waals surface area contributed by atoms with Crippen LogP contribution in [0.4, 0.5) is 5.69 Å². The van der Waals surface area contributed by atoms with Gasteiger partial charge in [-0.2, -0.15) is 0 Å². The van der Waals surface area contributed by atoms with Crippen molar-refractivity contribution >= 4 is 11.7 Å². The molecule has 1 atom stereocenters. The Morgan fingerprint density at radius 3 is 2.67 bits per heavy atom. The summed E-state index contributed by atoms with van der Waals surface area (Å²) in [6.45, 7) is 8.66. The second kappa shape index (κ2) is 8.86. The third kappa shape index (κ3) is 5.20. The van der Waals surface area contributed by atoms with Gasteiger partial charge in [-0.25, -0.2) is 4.79 Å². The number of aliphatic carboxylic acids is 1. The van der Waals surface area contributed by atoms with E-state index in [0.29, 0.717) is 5.75 Å². The average molecular weight is 369 g/mol. The monoisotopic (exact) mass is 369 g/mol. The number of aryl methyl sites for hydroxylation is 1. The number of hydrogen-bond acceptors (Lipinski definition) is 5. The fraction of sp³-hybridized carbons (Fsp3) is 0.429. The van der Waals surface area contributed by atoms with E-state index in [0.717, 1.165) is 39.1 Å². The van der Waals surface area contributed by atoms with E-state index >= 15 is 0 Å². The quantitative estimate of drug-likeness (QED) is 0.845. The predicted octanol–water partition coefficient (Wildman–Crippen LogP) is 2.95. The first-order valence-electron chi connectivity index (χ1n) is 9.39. The third-order valence-electron chi connectivity index (χ3n) is 4.91. The molecular weight excluding hydrogens is 342 g/mol. The van der Waals surface area contributed by atoms with Gasteiger partial charge in [0.25, 0.3) is 0 Å². The van der Waals surface area contributed by atoms with Crippen LogP contribution >= 0.6 is 0 Å². The minimum absolute atomic E-state index is 0.587. The summed E-state index contributed by atoms with van der Waals surface area (Å²) in [4.78, 5) is 20.0. The molecule has 0 bridgehead atoms. The smallest absolute Gasteiger partial charge is 0.344 e. The highest BCUT2D eigenvalue weighted by atomic mass is 16.5. The lowest BCUT2D eigenvalue weighted by atomic mass is 10.2. The topological polar surface area (TPSA) is 65.9 Å². The molecule has 6 nitrogen and oxygen atoms in total. The number of pyridine rings is 1. The van der Waals surface area contributed by atoms with Gasteiger partial charge in [0.1, 0.15) is 5.75 Å². The van der Waals surface area contributed by atoms with E-state index in [1.165, 1.54) is 23.7 Å². The van der Waals surface area contributed by atoms with Crippen molar-refractivity contribution in [1.29, 1.82) is 0 Å². The van der Waals surface area contributed by atoms with Gasteiger partial charge in [-0.05, 0) is 49.6 Å². The molecule has 0 spiro atoms. The van der Waals surface area contributed by atoms with Crippen molar-refractivity contribution in [3.8, 4) is 5.75 Å². The van der Waals surface area contributed by atoms with Crippen molar-refractivity contribution < 1.29 is 14.6 Å². The average Bonchev–Trinajstić information content (AvgIpc) is 2.89. The van der Waals surface area contributed by atoms with Crippen LogP contribution < -0.4 is 9.64 Å². The molecule has 0 saturated carbocycles. The lowest BCUT2D eigenvalue weighted by Gasteiger charge is -2.25. The summed E-state index contributed by atoms with van der Waals surface area (Å²) in [7, 11) is 0. The largest absolute Gasteiger partial charge is 0.479 e. The van der Waals surface area contributed by atoms with Gasteiger partial charge in [-0.15, -0.1) is 0 Å². The number of hydrogen-bond donors (Lipinski definition) is 1. The highest BCUT2D eigenvalue weighted by Gasteiger charge is 2.17. The number of nitrogens with zero attached hydrogens (tertiary/aromatic N) is 3. The van der Waals surface area contributed by atoms with Gasteiger partial charge in [-0.3, -0.25) is 9.88 Å². The Hall–Kier alpha value is -2.60. The van der Waals surface area contributed by atoms with E-state index in [1.54, 1.807) is 0 Å². The molecule has 27 heavy (non-hydrogen) atoms. The van der Waals surface area contributed by atoms with Gasteiger partial charge in [0, 0.05) is 50.8 Å². The summed E-state index contributed by atoms with van der Waals surface area (Å²) >= 11 is 0. The molecular formula is C21H27N3O3. The van der Waals surface area contributed by atoms with Crippen molar-refractivity contribution in [2.75, 3.05) is 31.1 Å². The van der Waals surface area contributed by atoms with E-state index in [2.05, 4.69) is 27.8 Å². The van der Waals surface area contributed by atoms with E-state index < -0.39 is 12.1 Å². The Bertz CT molecular complexity index is 764. The zero-order valence-electron chi connectivity index (χ0n) is 16.0. The lowest BCUT2D eigenvalue weighted by Crippen LogP contribution is -2.30. The number of anilines is 1. The van der Waals surface area contributed by atoms with Crippen molar-refractivity contribution in [2.45, 2.75) is 32.9 Å². The highest BCUT2D eigenvalue weighted by molar-refractivity contribution is 5.72. The molecule has 0 amide bonds. The Labute approximate surface area is 160 Å². The number of ether oxygens (including phenoxy) is 1. The maximum atomic E-state index is 10.9. The fourth-order valence-electron chi connectivity index (χ4n) is 3.38. The van der Waals surface area contributed by atoms with Crippen LogP contribution in [0.2, 0.25) is 0 Å². The van der Waals surface area contributed by atoms with Crippen molar-refractivity contribution in [3.63, 3.8) is 0 Å². The summed E-state index contributed by atoms with van der Waals surface area (Å²) in [5.74, 6) is -0.374. The maximum absolute atomic E-state index is 10.9. The van der Waals surface area contributed by atoms with E-state index in [-0.39, 0.29) is 0 Å². The molecule has 1 N–H and O–H groups in total. The summed E-state index contributed by atoms with van der Waals surface area (Å²) in [6, 6.07) is 9.82. The zero-order chi connectivity index (χ0) is 19.2. The first-order chi connectivity index (χ1) is 13.0. The first-order valence-corrected chi connectivity index (χ1v) is 9.39. The molecule has 1 aromatic carbocycles. The predicted molar refractivity (Wildman–Crippen MR) is 105 cm³/mol. The van der Waals surface area contributed by atoms with Crippen LogP contribution in [0.3, 0.4) is 0 Å². The molecule has 1 aromatic heterocycles. The fourth-order valence-corrected chi connectivity index (χ4v) is 3.38. The van der Waals surface area contributed by atoms with Crippen molar-refractivity contribution in [2.24, 2.45) is 0 Å². The third-order valence-corrected chi connectivity index (χ3v) is 4.91. The highest BCUT2D eigenvalue weighted by Crippen LogP contribution is 2.21. The SMILES string of the molecule is Cc1cnccc1N1CCCN(Cc2ccc(OC(C)C(=O)O)cc2)CC1. The van der Waals surface area contributed by atoms with Gasteiger partial charge in [0.15, 0.2) is 6.10 Å². The number of carboxylic acids is 1. The summed E-state index contributed by atoms with van der Waals surface area (Å²) in [5, 5.41) is 8.92. The number of carboxylic acid groups (broad SMARTS) is 1. The Balaban J connectivity index is 1.56. The van der Waals surface area contributed by atoms with Crippen LogP contribution in [0.25, 0.3) is 0 Å². The Morgan fingerprint density at radius 1 is 1.19 bits per heavy atom. The molecule has 3 rings (SSSR count). The number of rotatable bonds is 6. The van der Waals surface area contributed by atoms with Gasteiger partial charge < -0.3 is 14.7 Å². The Kier molecular flexibility index (Phi) is 6.29. The van der Waals surface area contributed by atoms with E-state index in [9.17, 15) is 4.79 Å². The van der Waals surface area contributed by atoms with Crippen LogP contribution in [0, 0.1) is 6.92 Å². The standard InChI is InChI=1S/C21H27N3O3/c1-16-14-22-9-8-20(16)24-11-3-10-23(12-13-24)15-18-4-6-19(7-5-18)27-17(2)21(25)26/h4-9,14,17H,3,10-13,15H2,1-2H3,(H,25,26). The normalized spacial score (nSPS) is 16.6. The molecule has 1 saturated heterocycles. The van der Waals surface area contributed by atoms with Gasteiger partial charge in [0.05, 0.1) is 0 Å². The van der Waals surface area contributed by atoms with Crippen molar-refractivity contribution in [3.05, 3.63) is 53.9 Å². The maximum Gasteiger partial charge on any atom is 0.344 e. The van der Waals surface area contributed by atoms with E-state index in [4.69, 9.17) is 9.84 Å². The first kappa shape index (κ1) is 19.2.